The molecule has 1 saturated heterocycles. The van der Waals surface area contributed by atoms with Crippen LogP contribution in [-0.4, -0.2) is 47.7 Å². The fourth-order valence-corrected chi connectivity index (χ4v) is 2.59. The van der Waals surface area contributed by atoms with Gasteiger partial charge in [0.05, 0.1) is 17.7 Å². The molecule has 1 fully saturated rings. The molecule has 1 heterocycles. The number of rotatable bonds is 4. The Morgan fingerprint density at radius 1 is 1.32 bits per heavy atom. The minimum absolute atomic E-state index is 0.0297. The van der Waals surface area contributed by atoms with Crippen molar-refractivity contribution in [2.45, 2.75) is 12.8 Å². The number of methoxy groups -OCH3 is 1. The lowest BCUT2D eigenvalue weighted by molar-refractivity contribution is -0.384. The van der Waals surface area contributed by atoms with Gasteiger partial charge in [0.2, 0.25) is 5.91 Å². The number of primary amides is 1. The molecular formula is C15H18N4O6. The van der Waals surface area contributed by atoms with Crippen molar-refractivity contribution in [2.24, 2.45) is 11.7 Å². The predicted octanol–water partition coefficient (Wildman–Crippen LogP) is 0.266. The zero-order valence-corrected chi connectivity index (χ0v) is 13.6. The first-order valence-corrected chi connectivity index (χ1v) is 7.55. The maximum absolute atomic E-state index is 12.2. The molecule has 2 rings (SSSR count). The number of nitrogens with one attached hydrogen (secondary N) is 1. The molecule has 0 aromatic heterocycles. The number of piperidine rings is 1. The van der Waals surface area contributed by atoms with Crippen LogP contribution >= 0.6 is 0 Å². The van der Waals surface area contributed by atoms with E-state index in [-0.39, 0.29) is 36.1 Å². The topological polar surface area (TPSA) is 145 Å². The zero-order valence-electron chi connectivity index (χ0n) is 13.6. The summed E-state index contributed by atoms with van der Waals surface area (Å²) in [5, 5.41) is 13.2. The smallest absolute Gasteiger partial charge is 0.314 e. The van der Waals surface area contributed by atoms with Crippen LogP contribution in [0.3, 0.4) is 0 Å². The Hall–Kier alpha value is -3.17. The normalized spacial score (nSPS) is 14.7. The summed E-state index contributed by atoms with van der Waals surface area (Å²) in [7, 11) is 1.34. The number of carbonyl (C=O) groups excluding carboxylic acids is 3. The number of carbonyl (C=O) groups is 3. The standard InChI is InChI=1S/C15H18N4O6/c1-25-12-3-2-10(19(23)24)8-11(12)17-14(21)15(22)18-6-4-9(5-7-18)13(16)20/h2-3,8-9H,4-7H2,1H3,(H2,16,20)(H,17,21). The molecule has 0 saturated carbocycles. The Morgan fingerprint density at radius 2 is 1.96 bits per heavy atom. The number of nitro groups is 1. The Labute approximate surface area is 143 Å². The largest absolute Gasteiger partial charge is 0.495 e. The fourth-order valence-electron chi connectivity index (χ4n) is 2.59. The molecule has 1 aliphatic rings. The lowest BCUT2D eigenvalue weighted by atomic mass is 9.96. The maximum atomic E-state index is 12.2. The summed E-state index contributed by atoms with van der Waals surface area (Å²) in [6.45, 7) is 0.484. The number of benzene rings is 1. The van der Waals surface area contributed by atoms with Gasteiger partial charge >= 0.3 is 11.8 Å². The lowest BCUT2D eigenvalue weighted by Crippen LogP contribution is -2.46. The van der Waals surface area contributed by atoms with Crippen LogP contribution in [0.2, 0.25) is 0 Å². The number of nitrogens with zero attached hydrogens (tertiary/aromatic N) is 2. The first-order valence-electron chi connectivity index (χ1n) is 7.55. The van der Waals surface area contributed by atoms with Crippen LogP contribution in [0.4, 0.5) is 11.4 Å². The number of non-ortho nitro benzene ring substituents is 1. The fraction of sp³-hybridized carbons (Fsp3) is 0.400. The van der Waals surface area contributed by atoms with E-state index in [0.29, 0.717) is 12.8 Å². The van der Waals surface area contributed by atoms with Crippen molar-refractivity contribution in [2.75, 3.05) is 25.5 Å². The number of ether oxygens (including phenoxy) is 1. The summed E-state index contributed by atoms with van der Waals surface area (Å²) >= 11 is 0. The Kier molecular flexibility index (Phi) is 5.52. The molecule has 1 aromatic carbocycles. The summed E-state index contributed by atoms with van der Waals surface area (Å²) in [6.07, 6.45) is 0.795. The van der Waals surface area contributed by atoms with Crippen LogP contribution < -0.4 is 15.8 Å². The number of hydrogen-bond acceptors (Lipinski definition) is 6. The molecule has 0 bridgehead atoms. The van der Waals surface area contributed by atoms with Crippen LogP contribution in [0.25, 0.3) is 0 Å². The molecule has 10 heteroatoms. The number of nitro benzene ring substituents is 1. The van der Waals surface area contributed by atoms with E-state index in [1.807, 2.05) is 0 Å². The van der Waals surface area contributed by atoms with Gasteiger partial charge in [-0.15, -0.1) is 0 Å². The highest BCUT2D eigenvalue weighted by molar-refractivity contribution is 6.39. The van der Waals surface area contributed by atoms with Gasteiger partial charge in [0.1, 0.15) is 5.75 Å². The summed E-state index contributed by atoms with van der Waals surface area (Å²) in [6, 6.07) is 3.67. The molecule has 0 aliphatic carbocycles. The van der Waals surface area contributed by atoms with Gasteiger partial charge in [-0.05, 0) is 18.9 Å². The van der Waals surface area contributed by atoms with Crippen molar-refractivity contribution in [1.29, 1.82) is 0 Å². The van der Waals surface area contributed by atoms with E-state index in [4.69, 9.17) is 10.5 Å². The van der Waals surface area contributed by atoms with Gasteiger partial charge < -0.3 is 20.7 Å². The number of hydrogen-bond donors (Lipinski definition) is 2. The second-order valence-electron chi connectivity index (χ2n) is 5.56. The molecule has 134 valence electrons. The molecule has 3 amide bonds. The monoisotopic (exact) mass is 350 g/mol. The van der Waals surface area contributed by atoms with Gasteiger partial charge in [-0.3, -0.25) is 24.5 Å². The molecule has 3 N–H and O–H groups in total. The van der Waals surface area contributed by atoms with Crippen molar-refractivity contribution < 1.29 is 24.0 Å². The highest BCUT2D eigenvalue weighted by Crippen LogP contribution is 2.29. The molecule has 0 atom stereocenters. The van der Waals surface area contributed by atoms with Crippen molar-refractivity contribution in [3.05, 3.63) is 28.3 Å². The van der Waals surface area contributed by atoms with E-state index in [9.17, 15) is 24.5 Å². The van der Waals surface area contributed by atoms with Crippen LogP contribution in [0.5, 0.6) is 5.75 Å². The van der Waals surface area contributed by atoms with Crippen molar-refractivity contribution in [1.82, 2.24) is 4.90 Å². The van der Waals surface area contributed by atoms with Gasteiger partial charge in [0.15, 0.2) is 0 Å². The molecule has 0 unspecified atom stereocenters. The lowest BCUT2D eigenvalue weighted by Gasteiger charge is -2.30. The SMILES string of the molecule is COc1ccc([N+](=O)[O-])cc1NC(=O)C(=O)N1CCC(C(N)=O)CC1. The number of anilines is 1. The quantitative estimate of drug-likeness (QED) is 0.453. The van der Waals surface area contributed by atoms with Gasteiger partial charge in [0, 0.05) is 31.1 Å². The molecule has 0 radical (unpaired) electrons. The van der Waals surface area contributed by atoms with Crippen molar-refractivity contribution >= 4 is 29.1 Å². The van der Waals surface area contributed by atoms with Crippen molar-refractivity contribution in [3.8, 4) is 5.75 Å². The van der Waals surface area contributed by atoms with E-state index in [0.717, 1.165) is 6.07 Å². The Bertz CT molecular complexity index is 712. The third-order valence-electron chi connectivity index (χ3n) is 4.02. The Balaban J connectivity index is 2.06. The highest BCUT2D eigenvalue weighted by atomic mass is 16.6. The number of likely N-dealkylation sites (tertiary alicyclic amines) is 1. The van der Waals surface area contributed by atoms with E-state index >= 15 is 0 Å². The van der Waals surface area contributed by atoms with Crippen LogP contribution in [0.15, 0.2) is 18.2 Å². The van der Waals surface area contributed by atoms with Crippen molar-refractivity contribution in [3.63, 3.8) is 0 Å². The summed E-state index contributed by atoms with van der Waals surface area (Å²) < 4.78 is 5.03. The first kappa shape index (κ1) is 18.2. The maximum Gasteiger partial charge on any atom is 0.314 e. The van der Waals surface area contributed by atoms with Crippen LogP contribution in [-0.2, 0) is 14.4 Å². The average molecular weight is 350 g/mol. The first-order chi connectivity index (χ1) is 11.8. The van der Waals surface area contributed by atoms with E-state index < -0.39 is 22.6 Å². The van der Waals surface area contributed by atoms with Crippen LogP contribution in [0.1, 0.15) is 12.8 Å². The highest BCUT2D eigenvalue weighted by Gasteiger charge is 2.29. The third kappa shape index (κ3) is 4.22. The minimum Gasteiger partial charge on any atom is -0.495 e. The molecular weight excluding hydrogens is 332 g/mol. The zero-order chi connectivity index (χ0) is 18.6. The predicted molar refractivity (Wildman–Crippen MR) is 86.8 cm³/mol. The summed E-state index contributed by atoms with van der Waals surface area (Å²) in [5.74, 6) is -2.24. The molecule has 10 nitrogen and oxygen atoms in total. The summed E-state index contributed by atoms with van der Waals surface area (Å²) in [5.41, 5.74) is 5.02. The molecule has 1 aromatic rings. The second kappa shape index (κ2) is 7.60. The van der Waals surface area contributed by atoms with Crippen LogP contribution in [0, 0.1) is 16.0 Å². The van der Waals surface area contributed by atoms with Gasteiger partial charge in [-0.1, -0.05) is 0 Å². The molecule has 25 heavy (non-hydrogen) atoms. The van der Waals surface area contributed by atoms with Gasteiger partial charge in [-0.25, -0.2) is 0 Å². The third-order valence-corrected chi connectivity index (χ3v) is 4.02. The minimum atomic E-state index is -0.934. The summed E-state index contributed by atoms with van der Waals surface area (Å²) in [4.78, 5) is 47.1. The van der Waals surface area contributed by atoms with Gasteiger partial charge in [-0.2, -0.15) is 0 Å². The van der Waals surface area contributed by atoms with E-state index in [1.54, 1.807) is 0 Å². The molecule has 0 spiro atoms. The number of amides is 3. The second-order valence-corrected chi connectivity index (χ2v) is 5.56. The van der Waals surface area contributed by atoms with E-state index in [2.05, 4.69) is 5.32 Å². The van der Waals surface area contributed by atoms with E-state index in [1.165, 1.54) is 24.1 Å². The average Bonchev–Trinajstić information content (AvgIpc) is 2.60. The van der Waals surface area contributed by atoms with Gasteiger partial charge in [0.25, 0.3) is 5.69 Å². The molecule has 1 aliphatic heterocycles. The number of nitrogens with two attached hydrogens (primary N) is 1. The Morgan fingerprint density at radius 3 is 2.48 bits per heavy atom.